The van der Waals surface area contributed by atoms with Crippen molar-refractivity contribution < 1.29 is 4.74 Å². The number of hydrogen-bond donors (Lipinski definition) is 2. The van der Waals surface area contributed by atoms with Gasteiger partial charge in [0.05, 0.1) is 7.11 Å². The van der Waals surface area contributed by atoms with Gasteiger partial charge in [-0.3, -0.25) is 0 Å². The molecule has 3 rings (SSSR count). The number of methoxy groups -OCH3 is 1. The maximum atomic E-state index is 5.77. The van der Waals surface area contributed by atoms with Crippen molar-refractivity contribution in [3.8, 4) is 5.75 Å². The summed E-state index contributed by atoms with van der Waals surface area (Å²) in [5.41, 5.74) is 9.59. The minimum atomic E-state index is 0.338. The van der Waals surface area contributed by atoms with Gasteiger partial charge in [-0.05, 0) is 42.3 Å². The first-order valence-electron chi connectivity index (χ1n) is 7.03. The zero-order chi connectivity index (χ0) is 13.9. The Kier molecular flexibility index (Phi) is 3.61. The topological polar surface area (TPSA) is 47.3 Å². The third kappa shape index (κ3) is 2.25. The van der Waals surface area contributed by atoms with E-state index in [0.717, 1.165) is 12.2 Å². The molecule has 0 aromatic heterocycles. The molecular formula is C17H20N2O. The monoisotopic (exact) mass is 268 g/mol. The number of nitrogens with two attached hydrogens (primary N) is 1. The van der Waals surface area contributed by atoms with Gasteiger partial charge < -0.3 is 15.8 Å². The van der Waals surface area contributed by atoms with Gasteiger partial charge >= 0.3 is 0 Å². The van der Waals surface area contributed by atoms with Crippen LogP contribution in [0.2, 0.25) is 0 Å². The Labute approximate surface area is 119 Å². The smallest absolute Gasteiger partial charge is 0.119 e. The second-order valence-electron chi connectivity index (χ2n) is 5.17. The average molecular weight is 268 g/mol. The highest BCUT2D eigenvalue weighted by atomic mass is 16.5. The van der Waals surface area contributed by atoms with Gasteiger partial charge in [0, 0.05) is 17.6 Å². The lowest BCUT2D eigenvalue weighted by Gasteiger charge is -2.20. The molecule has 0 saturated heterocycles. The van der Waals surface area contributed by atoms with Gasteiger partial charge in [0.2, 0.25) is 0 Å². The first-order chi connectivity index (χ1) is 9.83. The van der Waals surface area contributed by atoms with Crippen molar-refractivity contribution in [1.29, 1.82) is 0 Å². The van der Waals surface area contributed by atoms with Crippen LogP contribution in [0.5, 0.6) is 5.75 Å². The summed E-state index contributed by atoms with van der Waals surface area (Å²) in [5, 5.41) is 3.60. The first-order valence-corrected chi connectivity index (χ1v) is 7.03. The normalized spacial score (nSPS) is 20.3. The van der Waals surface area contributed by atoms with E-state index in [1.807, 2.05) is 6.07 Å². The van der Waals surface area contributed by atoms with Crippen molar-refractivity contribution in [3.63, 3.8) is 0 Å². The largest absolute Gasteiger partial charge is 0.497 e. The van der Waals surface area contributed by atoms with Gasteiger partial charge in [-0.25, -0.2) is 0 Å². The van der Waals surface area contributed by atoms with E-state index in [0.29, 0.717) is 18.5 Å². The molecule has 0 amide bonds. The highest BCUT2D eigenvalue weighted by Crippen LogP contribution is 2.42. The summed E-state index contributed by atoms with van der Waals surface area (Å²) < 4.78 is 5.37. The standard InChI is InChI=1S/C17H20N2O/c1-20-13-7-8-15-14(11-13)17(16(19-15)9-10-18)12-5-3-2-4-6-12/h2-8,11,16-17,19H,9-10,18H2,1H3. The summed E-state index contributed by atoms with van der Waals surface area (Å²) in [6.07, 6.45) is 0.955. The Balaban J connectivity index is 2.04. The van der Waals surface area contributed by atoms with Crippen LogP contribution in [0.15, 0.2) is 48.5 Å². The molecule has 104 valence electrons. The summed E-state index contributed by atoms with van der Waals surface area (Å²) in [6.45, 7) is 0.687. The molecule has 2 atom stereocenters. The number of anilines is 1. The Hall–Kier alpha value is -2.00. The van der Waals surface area contributed by atoms with Gasteiger partial charge in [0.25, 0.3) is 0 Å². The van der Waals surface area contributed by atoms with E-state index >= 15 is 0 Å². The molecule has 0 radical (unpaired) electrons. The van der Waals surface area contributed by atoms with Crippen molar-refractivity contribution in [1.82, 2.24) is 0 Å². The number of nitrogens with one attached hydrogen (secondary N) is 1. The van der Waals surface area contributed by atoms with Crippen LogP contribution >= 0.6 is 0 Å². The lowest BCUT2D eigenvalue weighted by atomic mass is 9.86. The van der Waals surface area contributed by atoms with Crippen LogP contribution in [-0.2, 0) is 0 Å². The number of benzene rings is 2. The van der Waals surface area contributed by atoms with Crippen LogP contribution in [0.25, 0.3) is 0 Å². The molecule has 2 aromatic carbocycles. The molecular weight excluding hydrogens is 248 g/mol. The maximum absolute atomic E-state index is 5.77. The fraction of sp³-hybridized carbons (Fsp3) is 0.294. The molecule has 0 aliphatic carbocycles. The van der Waals surface area contributed by atoms with E-state index in [2.05, 4.69) is 47.8 Å². The van der Waals surface area contributed by atoms with Crippen LogP contribution in [-0.4, -0.2) is 19.7 Å². The van der Waals surface area contributed by atoms with Crippen molar-refractivity contribution >= 4 is 5.69 Å². The van der Waals surface area contributed by atoms with Crippen molar-refractivity contribution in [2.24, 2.45) is 5.73 Å². The SMILES string of the molecule is COc1ccc2c(c1)C(c1ccccc1)C(CCN)N2. The van der Waals surface area contributed by atoms with Gasteiger partial charge in [0.15, 0.2) is 0 Å². The summed E-state index contributed by atoms with van der Waals surface area (Å²) in [6, 6.07) is 17.2. The van der Waals surface area contributed by atoms with Crippen LogP contribution in [0, 0.1) is 0 Å². The second-order valence-corrected chi connectivity index (χ2v) is 5.17. The highest BCUT2D eigenvalue weighted by molar-refractivity contribution is 5.64. The van der Waals surface area contributed by atoms with Gasteiger partial charge in [-0.15, -0.1) is 0 Å². The van der Waals surface area contributed by atoms with E-state index < -0.39 is 0 Å². The molecule has 3 N–H and O–H groups in total. The molecule has 20 heavy (non-hydrogen) atoms. The van der Waals surface area contributed by atoms with Gasteiger partial charge in [-0.1, -0.05) is 30.3 Å². The third-order valence-electron chi connectivity index (χ3n) is 3.97. The van der Waals surface area contributed by atoms with Gasteiger partial charge in [-0.2, -0.15) is 0 Å². The molecule has 0 spiro atoms. The predicted octanol–water partition coefficient (Wildman–Crippen LogP) is 2.97. The molecule has 0 bridgehead atoms. The minimum Gasteiger partial charge on any atom is -0.497 e. The molecule has 1 aliphatic heterocycles. The molecule has 0 fully saturated rings. The first kappa shape index (κ1) is 13.0. The van der Waals surface area contributed by atoms with Gasteiger partial charge in [0.1, 0.15) is 5.75 Å². The average Bonchev–Trinajstić information content (AvgIpc) is 2.85. The summed E-state index contributed by atoms with van der Waals surface area (Å²) in [4.78, 5) is 0. The Morgan fingerprint density at radius 2 is 1.95 bits per heavy atom. The molecule has 3 nitrogen and oxygen atoms in total. The fourth-order valence-electron chi connectivity index (χ4n) is 3.05. The lowest BCUT2D eigenvalue weighted by Crippen LogP contribution is -2.24. The molecule has 1 aliphatic rings. The van der Waals surface area contributed by atoms with E-state index in [1.54, 1.807) is 7.11 Å². The number of ether oxygens (including phenoxy) is 1. The van der Waals surface area contributed by atoms with Crippen LogP contribution < -0.4 is 15.8 Å². The van der Waals surface area contributed by atoms with E-state index in [1.165, 1.54) is 16.8 Å². The van der Waals surface area contributed by atoms with E-state index in [4.69, 9.17) is 10.5 Å². The predicted molar refractivity (Wildman–Crippen MR) is 82.4 cm³/mol. The Morgan fingerprint density at radius 3 is 2.65 bits per heavy atom. The number of hydrogen-bond acceptors (Lipinski definition) is 3. The minimum absolute atomic E-state index is 0.338. The zero-order valence-electron chi connectivity index (χ0n) is 11.7. The summed E-state index contributed by atoms with van der Waals surface area (Å²) >= 11 is 0. The Morgan fingerprint density at radius 1 is 1.15 bits per heavy atom. The third-order valence-corrected chi connectivity index (χ3v) is 3.97. The maximum Gasteiger partial charge on any atom is 0.119 e. The fourth-order valence-corrected chi connectivity index (χ4v) is 3.05. The quantitative estimate of drug-likeness (QED) is 0.896. The molecule has 2 unspecified atom stereocenters. The molecule has 1 heterocycles. The van der Waals surface area contributed by atoms with Crippen molar-refractivity contribution in [2.75, 3.05) is 19.0 Å². The zero-order valence-corrected chi connectivity index (χ0v) is 11.7. The molecule has 3 heteroatoms. The lowest BCUT2D eigenvalue weighted by molar-refractivity contribution is 0.414. The number of rotatable bonds is 4. The van der Waals surface area contributed by atoms with Crippen LogP contribution in [0.3, 0.4) is 0 Å². The van der Waals surface area contributed by atoms with Crippen LogP contribution in [0.1, 0.15) is 23.5 Å². The van der Waals surface area contributed by atoms with E-state index in [-0.39, 0.29) is 0 Å². The highest BCUT2D eigenvalue weighted by Gasteiger charge is 2.32. The molecule has 2 aromatic rings. The van der Waals surface area contributed by atoms with Crippen molar-refractivity contribution in [3.05, 3.63) is 59.7 Å². The van der Waals surface area contributed by atoms with E-state index in [9.17, 15) is 0 Å². The molecule has 0 saturated carbocycles. The summed E-state index contributed by atoms with van der Waals surface area (Å²) in [5.74, 6) is 1.24. The summed E-state index contributed by atoms with van der Waals surface area (Å²) in [7, 11) is 1.71. The number of fused-ring (bicyclic) bond motifs is 1. The Bertz CT molecular complexity index is 583. The second kappa shape index (κ2) is 5.55. The van der Waals surface area contributed by atoms with Crippen LogP contribution in [0.4, 0.5) is 5.69 Å². The van der Waals surface area contributed by atoms with Crippen molar-refractivity contribution in [2.45, 2.75) is 18.4 Å².